The number of Topliss-reactive ketones (excluding diaryl/α,β-unsaturated/α-hetero) is 1. The molecule has 0 radical (unpaired) electrons. The van der Waals surface area contributed by atoms with Crippen molar-refractivity contribution in [2.45, 2.75) is 39.3 Å². The Balaban J connectivity index is 2.21. The second-order valence-electron chi connectivity index (χ2n) is 6.29. The number of ketones is 1. The van der Waals surface area contributed by atoms with Gasteiger partial charge in [-0.05, 0) is 32.4 Å². The molecule has 7 heteroatoms. The van der Waals surface area contributed by atoms with Crippen LogP contribution in [0.15, 0.2) is 41.3 Å². The molecule has 0 aliphatic carbocycles. The molecule has 1 amide bonds. The number of nitrogens with zero attached hydrogens (tertiary/aromatic N) is 2. The Hall–Kier alpha value is -2.83. The van der Waals surface area contributed by atoms with Gasteiger partial charge in [0.05, 0.1) is 18.5 Å². The fourth-order valence-electron chi connectivity index (χ4n) is 2.57. The van der Waals surface area contributed by atoms with Crippen molar-refractivity contribution >= 4 is 11.7 Å². The molecule has 138 valence electrons. The van der Waals surface area contributed by atoms with E-state index in [0.717, 1.165) is 11.1 Å². The van der Waals surface area contributed by atoms with E-state index < -0.39 is 30.3 Å². The second kappa shape index (κ2) is 8.51. The van der Waals surface area contributed by atoms with Crippen LogP contribution >= 0.6 is 0 Å². The molecule has 0 spiro atoms. The zero-order valence-electron chi connectivity index (χ0n) is 15.0. The van der Waals surface area contributed by atoms with E-state index in [1.54, 1.807) is 6.92 Å². The Kier molecular flexibility index (Phi) is 6.38. The van der Waals surface area contributed by atoms with Crippen molar-refractivity contribution in [3.63, 3.8) is 0 Å². The van der Waals surface area contributed by atoms with Crippen LogP contribution in [-0.2, 0) is 16.1 Å². The average Bonchev–Trinajstić information content (AvgIpc) is 2.62. The highest BCUT2D eigenvalue weighted by atomic mass is 19.1. The van der Waals surface area contributed by atoms with Gasteiger partial charge in [0, 0.05) is 11.8 Å². The fraction of sp³-hybridized carbons (Fsp3) is 0.368. The van der Waals surface area contributed by atoms with E-state index in [1.165, 1.54) is 23.9 Å². The first-order valence-electron chi connectivity index (χ1n) is 8.34. The van der Waals surface area contributed by atoms with E-state index in [1.807, 2.05) is 31.2 Å². The minimum atomic E-state index is -1.14. The largest absolute Gasteiger partial charge is 0.346 e. The first-order chi connectivity index (χ1) is 12.3. The summed E-state index contributed by atoms with van der Waals surface area (Å²) in [6.45, 7) is 4.08. The van der Waals surface area contributed by atoms with E-state index in [2.05, 4.69) is 10.4 Å². The zero-order chi connectivity index (χ0) is 19.3. The summed E-state index contributed by atoms with van der Waals surface area (Å²) in [5.41, 5.74) is 1.90. The first kappa shape index (κ1) is 19.5. The van der Waals surface area contributed by atoms with Gasteiger partial charge < -0.3 is 5.32 Å². The van der Waals surface area contributed by atoms with E-state index in [9.17, 15) is 18.8 Å². The van der Waals surface area contributed by atoms with Gasteiger partial charge in [0.25, 0.3) is 5.56 Å². The quantitative estimate of drug-likeness (QED) is 0.817. The minimum absolute atomic E-state index is 0.269. The third-order valence-electron chi connectivity index (χ3n) is 4.19. The summed E-state index contributed by atoms with van der Waals surface area (Å²) in [6.07, 6.45) is 1.46. The Morgan fingerprint density at radius 3 is 2.65 bits per heavy atom. The van der Waals surface area contributed by atoms with Gasteiger partial charge in [0.1, 0.15) is 6.67 Å². The second-order valence-corrected chi connectivity index (χ2v) is 6.29. The van der Waals surface area contributed by atoms with Crippen molar-refractivity contribution in [1.82, 2.24) is 15.1 Å². The summed E-state index contributed by atoms with van der Waals surface area (Å²) < 4.78 is 13.7. The molecule has 1 aromatic carbocycles. The molecule has 0 bridgehead atoms. The van der Waals surface area contributed by atoms with Gasteiger partial charge in [-0.3, -0.25) is 14.4 Å². The van der Waals surface area contributed by atoms with Gasteiger partial charge in [0.2, 0.25) is 5.91 Å². The lowest BCUT2D eigenvalue weighted by atomic mass is 10.0. The molecule has 2 aromatic rings. The van der Waals surface area contributed by atoms with Gasteiger partial charge in [-0.15, -0.1) is 0 Å². The van der Waals surface area contributed by atoms with E-state index >= 15 is 0 Å². The maximum atomic E-state index is 12.7. The van der Waals surface area contributed by atoms with Crippen molar-refractivity contribution in [2.24, 2.45) is 0 Å². The molecule has 0 aliphatic rings. The average molecular weight is 359 g/mol. The summed E-state index contributed by atoms with van der Waals surface area (Å²) in [5.74, 6) is -2.01. The number of rotatable bonds is 7. The molecule has 0 saturated heterocycles. The lowest BCUT2D eigenvalue weighted by Crippen LogP contribution is -2.42. The number of amides is 1. The Bertz CT molecular complexity index is 863. The van der Waals surface area contributed by atoms with Crippen LogP contribution in [0, 0.1) is 6.92 Å². The number of benzene rings is 1. The van der Waals surface area contributed by atoms with Crippen LogP contribution in [0.5, 0.6) is 0 Å². The highest BCUT2D eigenvalue weighted by Gasteiger charge is 2.23. The van der Waals surface area contributed by atoms with Gasteiger partial charge >= 0.3 is 0 Å². The molecule has 1 aromatic heterocycles. The topological polar surface area (TPSA) is 81.1 Å². The van der Waals surface area contributed by atoms with Crippen LogP contribution < -0.4 is 10.9 Å². The number of hydrogen-bond acceptors (Lipinski definition) is 4. The highest BCUT2D eigenvalue weighted by Crippen LogP contribution is 2.11. The van der Waals surface area contributed by atoms with Gasteiger partial charge in [-0.25, -0.2) is 9.07 Å². The van der Waals surface area contributed by atoms with Crippen LogP contribution in [0.2, 0.25) is 0 Å². The first-order valence-corrected chi connectivity index (χ1v) is 8.34. The molecule has 26 heavy (non-hydrogen) atoms. The van der Waals surface area contributed by atoms with Crippen LogP contribution in [0.1, 0.15) is 36.5 Å². The van der Waals surface area contributed by atoms with Gasteiger partial charge in [0.15, 0.2) is 5.78 Å². The Morgan fingerprint density at radius 1 is 1.27 bits per heavy atom. The molecule has 0 saturated carbocycles. The zero-order valence-corrected chi connectivity index (χ0v) is 15.0. The maximum Gasteiger partial charge on any atom is 0.271 e. The Morgan fingerprint density at radius 2 is 2.00 bits per heavy atom. The minimum Gasteiger partial charge on any atom is -0.346 e. The number of carbonyl (C=O) groups is 2. The van der Waals surface area contributed by atoms with Gasteiger partial charge in [-0.1, -0.05) is 29.8 Å². The number of nitrogens with one attached hydrogen (secondary N) is 1. The summed E-state index contributed by atoms with van der Waals surface area (Å²) in [4.78, 5) is 36.3. The molecular formula is C19H22FN3O3. The van der Waals surface area contributed by atoms with Crippen LogP contribution in [0.3, 0.4) is 0 Å². The summed E-state index contributed by atoms with van der Waals surface area (Å²) in [7, 11) is 0. The van der Waals surface area contributed by atoms with Crippen LogP contribution in [0.4, 0.5) is 4.39 Å². The lowest BCUT2D eigenvalue weighted by Gasteiger charge is -2.16. The smallest absolute Gasteiger partial charge is 0.271 e. The van der Waals surface area contributed by atoms with Crippen molar-refractivity contribution in [1.29, 1.82) is 0 Å². The number of alkyl halides is 1. The van der Waals surface area contributed by atoms with E-state index in [4.69, 9.17) is 0 Å². The highest BCUT2D eigenvalue weighted by molar-refractivity contribution is 5.91. The van der Waals surface area contributed by atoms with Crippen molar-refractivity contribution < 1.29 is 14.0 Å². The van der Waals surface area contributed by atoms with Crippen LogP contribution in [-0.4, -0.2) is 34.2 Å². The number of aryl methyl sites for hydroxylation is 1. The SMILES string of the molecule is Cc1cccc(Cn2nccc(C(C)C(=O)NC(C)C(=O)CF)c2=O)c1. The molecular weight excluding hydrogens is 337 g/mol. The fourth-order valence-corrected chi connectivity index (χ4v) is 2.57. The third-order valence-corrected chi connectivity index (χ3v) is 4.19. The summed E-state index contributed by atoms with van der Waals surface area (Å²) >= 11 is 0. The molecule has 1 heterocycles. The Labute approximate surface area is 151 Å². The number of hydrogen-bond donors (Lipinski definition) is 1. The normalized spacial score (nSPS) is 13.1. The standard InChI is InChI=1S/C19H22FN3O3/c1-12-5-4-6-15(9-12)11-23-19(26)16(7-8-21-23)13(2)18(25)22-14(3)17(24)10-20/h4-9,13-14H,10-11H2,1-3H3,(H,22,25). The van der Waals surface area contributed by atoms with Crippen LogP contribution in [0.25, 0.3) is 0 Å². The van der Waals surface area contributed by atoms with E-state index in [0.29, 0.717) is 6.54 Å². The predicted octanol–water partition coefficient (Wildman–Crippen LogP) is 1.75. The van der Waals surface area contributed by atoms with Crippen molar-refractivity contribution in [2.75, 3.05) is 6.67 Å². The molecule has 2 atom stereocenters. The molecule has 6 nitrogen and oxygen atoms in total. The molecule has 2 rings (SSSR count). The predicted molar refractivity (Wildman–Crippen MR) is 95.8 cm³/mol. The third kappa shape index (κ3) is 4.62. The summed E-state index contributed by atoms with van der Waals surface area (Å²) in [5, 5.41) is 6.51. The summed E-state index contributed by atoms with van der Waals surface area (Å²) in [6, 6.07) is 8.27. The van der Waals surface area contributed by atoms with Gasteiger partial charge in [-0.2, -0.15) is 5.10 Å². The van der Waals surface area contributed by atoms with Crippen molar-refractivity contribution in [3.05, 3.63) is 63.6 Å². The molecule has 0 aliphatic heterocycles. The molecule has 1 N–H and O–H groups in total. The monoisotopic (exact) mass is 359 g/mol. The van der Waals surface area contributed by atoms with Crippen molar-refractivity contribution in [3.8, 4) is 0 Å². The maximum absolute atomic E-state index is 12.7. The number of aromatic nitrogens is 2. The molecule has 0 fully saturated rings. The number of halogens is 1. The molecule has 2 unspecified atom stereocenters. The van der Waals surface area contributed by atoms with E-state index in [-0.39, 0.29) is 11.1 Å². The number of carbonyl (C=O) groups excluding carboxylic acids is 2. The lowest BCUT2D eigenvalue weighted by molar-refractivity contribution is -0.128.